The van der Waals surface area contributed by atoms with E-state index in [0.29, 0.717) is 17.9 Å². The Kier molecular flexibility index (Phi) is 1.86. The van der Waals surface area contributed by atoms with E-state index >= 15 is 0 Å². The van der Waals surface area contributed by atoms with E-state index in [-0.39, 0.29) is 12.2 Å². The van der Waals surface area contributed by atoms with E-state index < -0.39 is 0 Å². The number of aromatic amines is 1. The Bertz CT molecular complexity index is 471. The van der Waals surface area contributed by atoms with Crippen molar-refractivity contribution in [3.63, 3.8) is 0 Å². The molecule has 0 saturated heterocycles. The maximum Gasteiger partial charge on any atom is 0.271 e. The first-order valence-electron chi connectivity index (χ1n) is 3.99. The first-order valence-corrected chi connectivity index (χ1v) is 3.99. The van der Waals surface area contributed by atoms with Gasteiger partial charge in [0.05, 0.1) is 6.61 Å². The van der Waals surface area contributed by atoms with Gasteiger partial charge in [-0.25, -0.2) is 9.50 Å². The fraction of sp³-hybridized carbons (Fsp3) is 0.250. The summed E-state index contributed by atoms with van der Waals surface area (Å²) in [5.41, 5.74) is 0.435. The van der Waals surface area contributed by atoms with Gasteiger partial charge >= 0.3 is 0 Å². The monoisotopic (exact) mass is 179 g/mol. The maximum absolute atomic E-state index is 11.2. The Morgan fingerprint density at radius 1 is 1.54 bits per heavy atom. The zero-order valence-electron chi connectivity index (χ0n) is 6.90. The first kappa shape index (κ1) is 8.00. The maximum atomic E-state index is 11.2. The van der Waals surface area contributed by atoms with Gasteiger partial charge in [0.25, 0.3) is 5.56 Å². The number of nitrogens with one attached hydrogen (secondary N) is 1. The van der Waals surface area contributed by atoms with Gasteiger partial charge in [-0.2, -0.15) is 0 Å². The summed E-state index contributed by atoms with van der Waals surface area (Å²) in [6.45, 7) is 0.0224. The molecule has 0 fully saturated rings. The van der Waals surface area contributed by atoms with Gasteiger partial charge in [0.2, 0.25) is 0 Å². The molecule has 2 rings (SSSR count). The molecule has 2 aromatic rings. The predicted octanol–water partition coefficient (Wildman–Crippen LogP) is -0.443. The minimum Gasteiger partial charge on any atom is -0.396 e. The third-order valence-corrected chi connectivity index (χ3v) is 1.77. The largest absolute Gasteiger partial charge is 0.396 e. The molecule has 0 aliphatic rings. The summed E-state index contributed by atoms with van der Waals surface area (Å²) in [7, 11) is 0. The Labute approximate surface area is 73.6 Å². The number of fused-ring (bicyclic) bond motifs is 1. The number of pyridine rings is 1. The van der Waals surface area contributed by atoms with Crippen LogP contribution in [0.3, 0.4) is 0 Å². The lowest BCUT2D eigenvalue weighted by Gasteiger charge is -1.87. The van der Waals surface area contributed by atoms with Crippen molar-refractivity contribution in [3.05, 3.63) is 34.4 Å². The quantitative estimate of drug-likeness (QED) is 0.656. The molecule has 2 aromatic heterocycles. The van der Waals surface area contributed by atoms with Gasteiger partial charge in [-0.05, 0) is 6.07 Å². The zero-order valence-corrected chi connectivity index (χ0v) is 6.90. The van der Waals surface area contributed by atoms with Crippen LogP contribution in [0.1, 0.15) is 5.82 Å². The van der Waals surface area contributed by atoms with Crippen molar-refractivity contribution in [2.75, 3.05) is 6.61 Å². The van der Waals surface area contributed by atoms with Crippen LogP contribution in [0.4, 0.5) is 0 Å². The highest BCUT2D eigenvalue weighted by atomic mass is 16.3. The highest BCUT2D eigenvalue weighted by molar-refractivity contribution is 5.36. The van der Waals surface area contributed by atoms with Gasteiger partial charge in [0, 0.05) is 12.5 Å². The van der Waals surface area contributed by atoms with Crippen LogP contribution in [-0.2, 0) is 6.42 Å². The van der Waals surface area contributed by atoms with E-state index in [9.17, 15) is 4.79 Å². The minimum absolute atomic E-state index is 0.0224. The van der Waals surface area contributed by atoms with Crippen molar-refractivity contribution in [3.8, 4) is 0 Å². The van der Waals surface area contributed by atoms with Crippen LogP contribution in [0.5, 0.6) is 0 Å². The molecule has 0 saturated carbocycles. The van der Waals surface area contributed by atoms with Gasteiger partial charge in [-0.3, -0.25) is 9.89 Å². The number of aromatic nitrogens is 3. The Balaban J connectivity index is 2.62. The number of hydrogen-bond acceptors (Lipinski definition) is 3. The molecule has 13 heavy (non-hydrogen) atoms. The summed E-state index contributed by atoms with van der Waals surface area (Å²) < 4.78 is 1.35. The summed E-state index contributed by atoms with van der Waals surface area (Å²) in [5, 5.41) is 11.5. The fourth-order valence-corrected chi connectivity index (χ4v) is 1.19. The van der Waals surface area contributed by atoms with Crippen molar-refractivity contribution in [1.29, 1.82) is 0 Å². The lowest BCUT2D eigenvalue weighted by Crippen LogP contribution is -2.11. The van der Waals surface area contributed by atoms with Crippen molar-refractivity contribution >= 4 is 5.65 Å². The summed E-state index contributed by atoms with van der Waals surface area (Å²) in [5.74, 6) is 0.616. The van der Waals surface area contributed by atoms with Crippen LogP contribution < -0.4 is 5.56 Å². The third-order valence-electron chi connectivity index (χ3n) is 1.77. The van der Waals surface area contributed by atoms with Crippen LogP contribution in [0, 0.1) is 0 Å². The molecule has 0 spiro atoms. The average molecular weight is 179 g/mol. The molecule has 0 aromatic carbocycles. The fourth-order valence-electron chi connectivity index (χ4n) is 1.19. The Morgan fingerprint density at radius 3 is 3.08 bits per heavy atom. The predicted molar refractivity (Wildman–Crippen MR) is 46.6 cm³/mol. The Hall–Kier alpha value is -1.62. The molecular formula is C8H9N3O2. The van der Waals surface area contributed by atoms with Gasteiger partial charge in [0.1, 0.15) is 5.82 Å². The molecule has 2 N–H and O–H groups in total. The highest BCUT2D eigenvalue weighted by Crippen LogP contribution is 1.97. The molecule has 2 heterocycles. The molecule has 0 atom stereocenters. The van der Waals surface area contributed by atoms with Gasteiger partial charge in [-0.1, -0.05) is 6.07 Å². The number of aliphatic hydroxyl groups excluding tert-OH is 1. The molecule has 5 nitrogen and oxygen atoms in total. The van der Waals surface area contributed by atoms with E-state index in [4.69, 9.17) is 5.11 Å². The van der Waals surface area contributed by atoms with Crippen LogP contribution in [0.25, 0.3) is 5.65 Å². The van der Waals surface area contributed by atoms with E-state index in [2.05, 4.69) is 10.1 Å². The molecule has 5 heteroatoms. The number of H-pyrrole nitrogens is 1. The van der Waals surface area contributed by atoms with Gasteiger partial charge in [0.15, 0.2) is 5.65 Å². The van der Waals surface area contributed by atoms with Crippen LogP contribution in [0.2, 0.25) is 0 Å². The van der Waals surface area contributed by atoms with Crippen molar-refractivity contribution in [1.82, 2.24) is 14.6 Å². The summed E-state index contributed by atoms with van der Waals surface area (Å²) in [6, 6.07) is 4.84. The summed E-state index contributed by atoms with van der Waals surface area (Å²) in [4.78, 5) is 15.3. The molecule has 68 valence electrons. The highest BCUT2D eigenvalue weighted by Gasteiger charge is 2.01. The molecule has 0 aliphatic carbocycles. The van der Waals surface area contributed by atoms with Crippen molar-refractivity contribution < 1.29 is 5.11 Å². The second kappa shape index (κ2) is 3.02. The second-order valence-electron chi connectivity index (χ2n) is 2.70. The standard InChI is InChI=1S/C8H9N3O2/c12-5-4-6-9-7-2-1-3-8(13)11(7)10-6/h1-3,12H,4-5H2,(H,9,10). The normalized spacial score (nSPS) is 10.8. The van der Waals surface area contributed by atoms with Crippen LogP contribution in [0.15, 0.2) is 23.0 Å². The topological polar surface area (TPSA) is 70.4 Å². The van der Waals surface area contributed by atoms with E-state index in [1.807, 2.05) is 0 Å². The molecule has 0 unspecified atom stereocenters. The molecular weight excluding hydrogens is 170 g/mol. The average Bonchev–Trinajstić information content (AvgIpc) is 2.49. The van der Waals surface area contributed by atoms with Crippen LogP contribution in [-0.4, -0.2) is 26.3 Å². The summed E-state index contributed by atoms with van der Waals surface area (Å²) >= 11 is 0. The molecule has 0 amide bonds. The van der Waals surface area contributed by atoms with Gasteiger partial charge < -0.3 is 5.11 Å². The van der Waals surface area contributed by atoms with Crippen molar-refractivity contribution in [2.24, 2.45) is 0 Å². The molecule has 0 bridgehead atoms. The SMILES string of the molecule is O=c1cccc2nc(CCO)[nH]n12. The lowest BCUT2D eigenvalue weighted by molar-refractivity contribution is 0.296. The molecule has 0 aliphatic heterocycles. The zero-order chi connectivity index (χ0) is 9.26. The first-order chi connectivity index (χ1) is 6.31. The minimum atomic E-state index is -0.144. The smallest absolute Gasteiger partial charge is 0.271 e. The number of hydrogen-bond donors (Lipinski definition) is 2. The second-order valence-corrected chi connectivity index (χ2v) is 2.70. The van der Waals surface area contributed by atoms with E-state index in [1.54, 1.807) is 12.1 Å². The summed E-state index contributed by atoms with van der Waals surface area (Å²) in [6.07, 6.45) is 0.432. The van der Waals surface area contributed by atoms with E-state index in [0.717, 1.165) is 0 Å². The number of aliphatic hydroxyl groups is 1. The van der Waals surface area contributed by atoms with Crippen LogP contribution >= 0.6 is 0 Å². The molecule has 0 radical (unpaired) electrons. The lowest BCUT2D eigenvalue weighted by atomic mass is 10.4. The number of rotatable bonds is 2. The van der Waals surface area contributed by atoms with Gasteiger partial charge in [-0.15, -0.1) is 0 Å². The third kappa shape index (κ3) is 1.33. The van der Waals surface area contributed by atoms with Crippen molar-refractivity contribution in [2.45, 2.75) is 6.42 Å². The van der Waals surface area contributed by atoms with E-state index in [1.165, 1.54) is 10.6 Å². The number of nitrogens with zero attached hydrogens (tertiary/aromatic N) is 2. The Morgan fingerprint density at radius 2 is 2.38 bits per heavy atom.